The molecule has 0 radical (unpaired) electrons. The van der Waals surface area contributed by atoms with Crippen molar-refractivity contribution in [1.29, 1.82) is 10.5 Å². The Morgan fingerprint density at radius 2 is 1.04 bits per heavy atom. The van der Waals surface area contributed by atoms with Crippen LogP contribution >= 0.6 is 0 Å². The topological polar surface area (TPSA) is 54.1 Å². The monoisotopic (exact) mass is 304 g/mol. The molecule has 0 N–H and O–H groups in total. The molecule has 0 aromatic heterocycles. The maximum absolute atomic E-state index is 9.04. The quantitative estimate of drug-likeness (QED) is 0.600. The van der Waals surface area contributed by atoms with Crippen LogP contribution in [0.25, 0.3) is 0 Å². The van der Waals surface area contributed by atoms with Gasteiger partial charge in [0, 0.05) is 13.1 Å². The number of nitriles is 2. The maximum Gasteiger partial charge on any atom is 0.184 e. The van der Waals surface area contributed by atoms with Gasteiger partial charge >= 0.3 is 0 Å². The Morgan fingerprint density at radius 3 is 1.30 bits per heavy atom. The molecule has 4 nitrogen and oxygen atoms in total. The van der Waals surface area contributed by atoms with Gasteiger partial charge in [-0.25, -0.2) is 0 Å². The Kier molecular flexibility index (Phi) is 5.61. The fourth-order valence-corrected chi connectivity index (χ4v) is 2.45. The lowest BCUT2D eigenvalue weighted by molar-refractivity contribution is 1.02. The summed E-state index contributed by atoms with van der Waals surface area (Å²) in [7, 11) is 0. The normalized spacial score (nSPS) is 9.74. The highest BCUT2D eigenvalue weighted by atomic mass is 15.1. The largest absolute Gasteiger partial charge is 0.280 e. The zero-order chi connectivity index (χ0) is 16.7. The number of anilines is 2. The highest BCUT2D eigenvalue weighted by molar-refractivity contribution is 5.53. The Balaban J connectivity index is 2.08. The van der Waals surface area contributed by atoms with E-state index in [0.29, 0.717) is 13.1 Å². The van der Waals surface area contributed by atoms with E-state index in [0.717, 1.165) is 17.8 Å². The van der Waals surface area contributed by atoms with Crippen molar-refractivity contribution in [2.75, 3.05) is 22.9 Å². The third-order valence-corrected chi connectivity index (χ3v) is 3.78. The molecule has 0 spiro atoms. The minimum absolute atomic E-state index is 0.671. The summed E-state index contributed by atoms with van der Waals surface area (Å²) < 4.78 is 0. The lowest BCUT2D eigenvalue weighted by Crippen LogP contribution is -2.15. The molecule has 0 saturated carbocycles. The van der Waals surface area contributed by atoms with E-state index >= 15 is 0 Å². The van der Waals surface area contributed by atoms with E-state index in [-0.39, 0.29) is 0 Å². The van der Waals surface area contributed by atoms with Gasteiger partial charge in [0.15, 0.2) is 12.4 Å². The third kappa shape index (κ3) is 4.02. The highest BCUT2D eigenvalue weighted by Gasteiger charge is 2.05. The molecule has 0 aliphatic rings. The number of hydrogen-bond acceptors (Lipinski definition) is 4. The van der Waals surface area contributed by atoms with Crippen LogP contribution in [0.3, 0.4) is 0 Å². The minimum atomic E-state index is 0.671. The van der Waals surface area contributed by atoms with Crippen molar-refractivity contribution in [2.45, 2.75) is 20.3 Å². The minimum Gasteiger partial charge on any atom is -0.280 e. The van der Waals surface area contributed by atoms with E-state index in [9.17, 15) is 0 Å². The summed E-state index contributed by atoms with van der Waals surface area (Å²) in [6.07, 6.45) is 5.17. The molecule has 0 amide bonds. The predicted molar refractivity (Wildman–Crippen MR) is 93.0 cm³/mol. The summed E-state index contributed by atoms with van der Waals surface area (Å²) in [5.41, 5.74) is 4.23. The summed E-state index contributed by atoms with van der Waals surface area (Å²) in [6.45, 7) is 5.26. The predicted octanol–water partition coefficient (Wildman–Crippen LogP) is 3.89. The molecule has 0 bridgehead atoms. The van der Waals surface area contributed by atoms with Crippen molar-refractivity contribution in [3.05, 3.63) is 59.7 Å². The van der Waals surface area contributed by atoms with E-state index in [2.05, 4.69) is 36.7 Å². The summed E-state index contributed by atoms with van der Waals surface area (Å²) in [4.78, 5) is 3.31. The van der Waals surface area contributed by atoms with Crippen molar-refractivity contribution in [2.24, 2.45) is 0 Å². The van der Waals surface area contributed by atoms with Gasteiger partial charge in [0.25, 0.3) is 0 Å². The van der Waals surface area contributed by atoms with E-state index in [1.807, 2.05) is 38.1 Å². The van der Waals surface area contributed by atoms with Crippen LogP contribution in [-0.4, -0.2) is 13.1 Å². The van der Waals surface area contributed by atoms with E-state index < -0.39 is 0 Å². The second kappa shape index (κ2) is 7.87. The van der Waals surface area contributed by atoms with Gasteiger partial charge in [-0.05, 0) is 55.7 Å². The first-order valence-corrected chi connectivity index (χ1v) is 7.74. The summed E-state index contributed by atoms with van der Waals surface area (Å²) in [5.74, 6) is 0. The molecule has 2 aromatic carbocycles. The second-order valence-electron chi connectivity index (χ2n) is 5.20. The van der Waals surface area contributed by atoms with Crippen LogP contribution in [0.5, 0.6) is 0 Å². The standard InChI is InChI=1S/C19H20N4/c1-3-22(14-20)18-9-5-16(6-10-18)13-17-7-11-19(12-8-17)23(4-2)15-21/h5-12H,3-4,13H2,1-2H3. The SMILES string of the molecule is CCN(C#N)c1ccc(Cc2ccc(N(C#N)CC)cc2)cc1. The van der Waals surface area contributed by atoms with Crippen molar-refractivity contribution >= 4 is 11.4 Å². The van der Waals surface area contributed by atoms with Crippen molar-refractivity contribution in [3.63, 3.8) is 0 Å². The van der Waals surface area contributed by atoms with Gasteiger partial charge in [0.2, 0.25) is 0 Å². The van der Waals surface area contributed by atoms with Gasteiger partial charge in [-0.2, -0.15) is 10.5 Å². The average Bonchev–Trinajstić information content (AvgIpc) is 2.60. The number of benzene rings is 2. The first-order valence-electron chi connectivity index (χ1n) is 7.74. The molecule has 0 fully saturated rings. The summed E-state index contributed by atoms with van der Waals surface area (Å²) in [5, 5.41) is 18.1. The molecule has 0 aliphatic carbocycles. The van der Waals surface area contributed by atoms with E-state index in [1.165, 1.54) is 11.1 Å². The first kappa shape index (κ1) is 16.4. The van der Waals surface area contributed by atoms with Crippen LogP contribution in [-0.2, 0) is 6.42 Å². The molecule has 4 heteroatoms. The Morgan fingerprint density at radius 1 is 0.696 bits per heavy atom. The smallest absolute Gasteiger partial charge is 0.184 e. The fraction of sp³-hybridized carbons (Fsp3) is 0.263. The average molecular weight is 304 g/mol. The van der Waals surface area contributed by atoms with Gasteiger partial charge in [0.05, 0.1) is 11.4 Å². The lowest BCUT2D eigenvalue weighted by atomic mass is 10.0. The van der Waals surface area contributed by atoms with Gasteiger partial charge < -0.3 is 0 Å². The second-order valence-corrected chi connectivity index (χ2v) is 5.20. The maximum atomic E-state index is 9.04. The fourth-order valence-electron chi connectivity index (χ4n) is 2.45. The van der Waals surface area contributed by atoms with Gasteiger partial charge in [0.1, 0.15) is 0 Å². The zero-order valence-electron chi connectivity index (χ0n) is 13.5. The van der Waals surface area contributed by atoms with Crippen molar-refractivity contribution < 1.29 is 0 Å². The number of hydrogen-bond donors (Lipinski definition) is 0. The molecule has 2 aromatic rings. The molecule has 116 valence electrons. The summed E-state index contributed by atoms with van der Waals surface area (Å²) in [6, 6.07) is 16.1. The van der Waals surface area contributed by atoms with Crippen LogP contribution < -0.4 is 9.80 Å². The Hall–Kier alpha value is -2.98. The van der Waals surface area contributed by atoms with Crippen molar-refractivity contribution in [1.82, 2.24) is 0 Å². The number of nitrogens with zero attached hydrogens (tertiary/aromatic N) is 4. The number of rotatable bonds is 6. The summed E-state index contributed by atoms with van der Waals surface area (Å²) >= 11 is 0. The van der Waals surface area contributed by atoms with Crippen LogP contribution in [0.1, 0.15) is 25.0 Å². The molecule has 2 rings (SSSR count). The molecule has 0 unspecified atom stereocenters. The van der Waals surface area contributed by atoms with E-state index in [4.69, 9.17) is 10.5 Å². The zero-order valence-corrected chi connectivity index (χ0v) is 13.5. The van der Waals surface area contributed by atoms with Gasteiger partial charge in [-0.15, -0.1) is 0 Å². The lowest BCUT2D eigenvalue weighted by Gasteiger charge is -2.14. The molecule has 23 heavy (non-hydrogen) atoms. The van der Waals surface area contributed by atoms with Gasteiger partial charge in [-0.3, -0.25) is 9.80 Å². The molecule has 0 aliphatic heterocycles. The van der Waals surface area contributed by atoms with E-state index in [1.54, 1.807) is 9.80 Å². The van der Waals surface area contributed by atoms with Crippen molar-refractivity contribution in [3.8, 4) is 12.4 Å². The molecular formula is C19H20N4. The van der Waals surface area contributed by atoms with Crippen LogP contribution in [0.4, 0.5) is 11.4 Å². The molecular weight excluding hydrogens is 284 g/mol. The first-order chi connectivity index (χ1) is 11.2. The Labute approximate surface area is 137 Å². The van der Waals surface area contributed by atoms with Crippen LogP contribution in [0.2, 0.25) is 0 Å². The molecule has 0 atom stereocenters. The van der Waals surface area contributed by atoms with Crippen LogP contribution in [0, 0.1) is 22.9 Å². The third-order valence-electron chi connectivity index (χ3n) is 3.78. The highest BCUT2D eigenvalue weighted by Crippen LogP contribution is 2.19. The van der Waals surface area contributed by atoms with Gasteiger partial charge in [-0.1, -0.05) is 24.3 Å². The Bertz CT molecular complexity index is 642. The molecule has 0 heterocycles. The molecule has 0 saturated heterocycles. The van der Waals surface area contributed by atoms with Crippen LogP contribution in [0.15, 0.2) is 48.5 Å².